The van der Waals surface area contributed by atoms with Crippen molar-refractivity contribution in [2.24, 2.45) is 23.5 Å². The number of carbonyl (C=O) groups excluding carboxylic acids is 1. The summed E-state index contributed by atoms with van der Waals surface area (Å²) in [6.45, 7) is 0. The van der Waals surface area contributed by atoms with Gasteiger partial charge < -0.3 is 15.8 Å². The normalized spacial score (nSPS) is 27.2. The van der Waals surface area contributed by atoms with Crippen molar-refractivity contribution < 1.29 is 9.53 Å². The van der Waals surface area contributed by atoms with Crippen molar-refractivity contribution in [1.82, 2.24) is 10.2 Å². The highest BCUT2D eigenvalue weighted by atomic mass is 32.1. The third kappa shape index (κ3) is 4.14. The fourth-order valence-corrected chi connectivity index (χ4v) is 5.32. The van der Waals surface area contributed by atoms with E-state index in [1.807, 2.05) is 24.3 Å². The van der Waals surface area contributed by atoms with Gasteiger partial charge in [0, 0.05) is 18.4 Å². The number of carbonyl (C=O) groups is 1. The zero-order valence-electron chi connectivity index (χ0n) is 15.6. The van der Waals surface area contributed by atoms with E-state index in [4.69, 9.17) is 10.5 Å². The van der Waals surface area contributed by atoms with E-state index in [0.717, 1.165) is 42.0 Å². The Morgan fingerprint density at radius 3 is 2.81 bits per heavy atom. The van der Waals surface area contributed by atoms with E-state index in [1.165, 1.54) is 17.8 Å². The molecule has 2 aliphatic rings. The number of nitrogens with two attached hydrogens (primary N) is 1. The Morgan fingerprint density at radius 2 is 2.07 bits per heavy atom. The fraction of sp³-hybridized carbons (Fsp3) is 0.550. The molecule has 0 saturated heterocycles. The van der Waals surface area contributed by atoms with E-state index in [0.29, 0.717) is 23.4 Å². The lowest BCUT2D eigenvalue weighted by Crippen LogP contribution is -2.48. The van der Waals surface area contributed by atoms with Crippen LogP contribution in [0.3, 0.4) is 0 Å². The smallest absolute Gasteiger partial charge is 0.229 e. The number of amides is 1. The van der Waals surface area contributed by atoms with Crippen molar-refractivity contribution in [3.63, 3.8) is 0 Å². The molecule has 2 aromatic rings. The number of aromatic nitrogens is 2. The van der Waals surface area contributed by atoms with Crippen LogP contribution in [0.5, 0.6) is 5.75 Å². The summed E-state index contributed by atoms with van der Waals surface area (Å²) < 4.78 is 5.26. The fourth-order valence-electron chi connectivity index (χ4n) is 4.54. The van der Waals surface area contributed by atoms with E-state index < -0.39 is 0 Å². The van der Waals surface area contributed by atoms with Gasteiger partial charge in [0.1, 0.15) is 10.8 Å². The van der Waals surface area contributed by atoms with E-state index >= 15 is 0 Å². The van der Waals surface area contributed by atoms with Crippen LogP contribution in [-0.2, 0) is 11.2 Å². The van der Waals surface area contributed by atoms with Gasteiger partial charge >= 0.3 is 0 Å². The summed E-state index contributed by atoms with van der Waals surface area (Å²) in [7, 11) is 1.66. The highest BCUT2D eigenvalue weighted by molar-refractivity contribution is 7.15. The molecule has 3 N–H and O–H groups in total. The molecule has 1 aromatic carbocycles. The van der Waals surface area contributed by atoms with Crippen LogP contribution in [0, 0.1) is 17.8 Å². The number of benzene rings is 1. The maximum atomic E-state index is 12.7. The third-order valence-corrected chi connectivity index (χ3v) is 6.81. The van der Waals surface area contributed by atoms with Crippen LogP contribution in [0.1, 0.15) is 42.7 Å². The maximum Gasteiger partial charge on any atom is 0.229 e. The first-order chi connectivity index (χ1) is 13.1. The van der Waals surface area contributed by atoms with Gasteiger partial charge in [0.25, 0.3) is 0 Å². The summed E-state index contributed by atoms with van der Waals surface area (Å²) >= 11 is 1.44. The molecule has 2 fully saturated rings. The summed E-state index contributed by atoms with van der Waals surface area (Å²) in [6.07, 6.45) is 6.04. The lowest BCUT2D eigenvalue weighted by Gasteiger charge is -2.43. The van der Waals surface area contributed by atoms with Gasteiger partial charge in [-0.2, -0.15) is 0 Å². The highest BCUT2D eigenvalue weighted by Gasteiger charge is 2.40. The van der Waals surface area contributed by atoms with Crippen LogP contribution in [0.2, 0.25) is 0 Å². The number of methoxy groups -OCH3 is 1. The van der Waals surface area contributed by atoms with E-state index in [2.05, 4.69) is 15.5 Å². The molecular weight excluding hydrogens is 360 g/mol. The topological polar surface area (TPSA) is 90.1 Å². The molecule has 27 heavy (non-hydrogen) atoms. The number of nitrogens with one attached hydrogen (secondary N) is 1. The Labute approximate surface area is 163 Å². The lowest BCUT2D eigenvalue weighted by molar-refractivity contribution is -0.122. The zero-order valence-corrected chi connectivity index (χ0v) is 16.4. The summed E-state index contributed by atoms with van der Waals surface area (Å²) in [4.78, 5) is 12.7. The van der Waals surface area contributed by atoms with Crippen LogP contribution in [0.25, 0.3) is 0 Å². The summed E-state index contributed by atoms with van der Waals surface area (Å²) in [5, 5.41) is 12.8. The molecule has 7 heteroatoms. The van der Waals surface area contributed by atoms with E-state index in [1.54, 1.807) is 7.11 Å². The number of hydrogen-bond donors (Lipinski definition) is 2. The maximum absolute atomic E-state index is 12.7. The zero-order chi connectivity index (χ0) is 18.8. The van der Waals surface area contributed by atoms with Gasteiger partial charge in [-0.15, -0.1) is 10.2 Å². The number of nitrogens with zero attached hydrogens (tertiary/aromatic N) is 2. The molecular formula is C20H26N4O2S. The molecule has 1 amide bonds. The average molecular weight is 387 g/mol. The number of rotatable bonds is 5. The molecule has 0 radical (unpaired) electrons. The number of anilines is 1. The molecule has 6 nitrogen and oxygen atoms in total. The van der Waals surface area contributed by atoms with Gasteiger partial charge in [-0.25, -0.2) is 0 Å². The average Bonchev–Trinajstić information content (AvgIpc) is 3.08. The monoisotopic (exact) mass is 386 g/mol. The summed E-state index contributed by atoms with van der Waals surface area (Å²) in [6, 6.07) is 8.18. The summed E-state index contributed by atoms with van der Waals surface area (Å²) in [5.74, 6) is 1.93. The minimum Gasteiger partial charge on any atom is -0.497 e. The molecule has 0 aliphatic heterocycles. The molecule has 2 aliphatic carbocycles. The Bertz CT molecular complexity index is 795. The van der Waals surface area contributed by atoms with Crippen molar-refractivity contribution in [3.05, 3.63) is 34.8 Å². The Morgan fingerprint density at radius 1 is 1.30 bits per heavy atom. The van der Waals surface area contributed by atoms with Crippen molar-refractivity contribution in [1.29, 1.82) is 0 Å². The summed E-state index contributed by atoms with van der Waals surface area (Å²) in [5.41, 5.74) is 7.44. The molecule has 2 atom stereocenters. The van der Waals surface area contributed by atoms with Gasteiger partial charge in [-0.3, -0.25) is 4.79 Å². The lowest BCUT2D eigenvalue weighted by atomic mass is 9.65. The minimum absolute atomic E-state index is 0.0471. The number of fused-ring (bicyclic) bond motifs is 2. The van der Waals surface area contributed by atoms with Gasteiger partial charge in [0.2, 0.25) is 11.0 Å². The standard InChI is InChI=1S/C20H26N4O2S/c1-26-16-7-2-4-12(8-16)9-17-23-24-20(27-17)22-19(25)15-10-13-5-3-6-14(11-15)18(13)21/h2,4,7-8,13-15,18H,3,5-6,9-11,21H2,1H3,(H,22,24,25). The van der Waals surface area contributed by atoms with Gasteiger partial charge in [-0.05, 0) is 55.2 Å². The third-order valence-electron chi connectivity index (χ3n) is 5.97. The second-order valence-corrected chi connectivity index (χ2v) is 8.78. The molecule has 4 rings (SSSR count). The molecule has 144 valence electrons. The molecule has 1 aromatic heterocycles. The van der Waals surface area contributed by atoms with Crippen molar-refractivity contribution in [2.45, 2.75) is 44.6 Å². The molecule has 1 heterocycles. The SMILES string of the molecule is COc1cccc(Cc2nnc(NC(=O)C3CC4CCCC(C3)C4N)s2)c1. The first-order valence-electron chi connectivity index (χ1n) is 9.64. The quantitative estimate of drug-likeness (QED) is 0.823. The van der Waals surface area contributed by atoms with Crippen molar-refractivity contribution in [2.75, 3.05) is 12.4 Å². The van der Waals surface area contributed by atoms with Crippen LogP contribution in [-0.4, -0.2) is 29.3 Å². The van der Waals surface area contributed by atoms with Crippen molar-refractivity contribution in [3.8, 4) is 5.75 Å². The largest absolute Gasteiger partial charge is 0.497 e. The minimum atomic E-state index is 0.0471. The Balaban J connectivity index is 1.37. The van der Waals surface area contributed by atoms with Gasteiger partial charge in [0.05, 0.1) is 7.11 Å². The highest BCUT2D eigenvalue weighted by Crippen LogP contribution is 2.42. The van der Waals surface area contributed by atoms with Crippen LogP contribution in [0.4, 0.5) is 5.13 Å². The predicted molar refractivity (Wildman–Crippen MR) is 106 cm³/mol. The second-order valence-electron chi connectivity index (χ2n) is 7.72. The van der Waals surface area contributed by atoms with Crippen LogP contribution in [0.15, 0.2) is 24.3 Å². The van der Waals surface area contributed by atoms with Crippen LogP contribution >= 0.6 is 11.3 Å². The Hall–Kier alpha value is -1.99. The molecule has 2 saturated carbocycles. The number of hydrogen-bond acceptors (Lipinski definition) is 6. The number of ether oxygens (including phenoxy) is 1. The van der Waals surface area contributed by atoms with Crippen LogP contribution < -0.4 is 15.8 Å². The van der Waals surface area contributed by atoms with Gasteiger partial charge in [-0.1, -0.05) is 29.9 Å². The van der Waals surface area contributed by atoms with E-state index in [9.17, 15) is 4.79 Å². The van der Waals surface area contributed by atoms with E-state index in [-0.39, 0.29) is 17.9 Å². The van der Waals surface area contributed by atoms with Gasteiger partial charge in [0.15, 0.2) is 0 Å². The van der Waals surface area contributed by atoms with Crippen molar-refractivity contribution >= 4 is 22.4 Å². The first-order valence-corrected chi connectivity index (χ1v) is 10.5. The first kappa shape index (κ1) is 18.4. The second kappa shape index (κ2) is 7.94. The molecule has 2 unspecified atom stereocenters. The Kier molecular flexibility index (Phi) is 5.41. The molecule has 2 bridgehead atoms. The predicted octanol–water partition coefficient (Wildman–Crippen LogP) is 3.23. The molecule has 0 spiro atoms.